The number of benzene rings is 1. The lowest BCUT2D eigenvalue weighted by Crippen LogP contribution is -2.39. The quantitative estimate of drug-likeness (QED) is 0.842. The number of halogens is 1. The van der Waals surface area contributed by atoms with Gasteiger partial charge in [0.25, 0.3) is 0 Å². The van der Waals surface area contributed by atoms with Crippen molar-refractivity contribution < 1.29 is 9.59 Å². The van der Waals surface area contributed by atoms with Gasteiger partial charge in [0.2, 0.25) is 5.91 Å². The normalized spacial score (nSPS) is 14.9. The fraction of sp³-hybridized carbons (Fsp3) is 0.412. The van der Waals surface area contributed by atoms with E-state index < -0.39 is 0 Å². The van der Waals surface area contributed by atoms with E-state index in [1.807, 2.05) is 13.8 Å². The summed E-state index contributed by atoms with van der Waals surface area (Å²) in [4.78, 5) is 27.9. The van der Waals surface area contributed by atoms with Gasteiger partial charge < -0.3 is 15.1 Å². The van der Waals surface area contributed by atoms with Gasteiger partial charge in [-0.3, -0.25) is 4.79 Å². The van der Waals surface area contributed by atoms with Crippen molar-refractivity contribution in [3.63, 3.8) is 0 Å². The van der Waals surface area contributed by atoms with Crippen molar-refractivity contribution in [3.05, 3.63) is 40.9 Å². The van der Waals surface area contributed by atoms with Crippen LogP contribution in [0.5, 0.6) is 0 Å². The van der Waals surface area contributed by atoms with Crippen molar-refractivity contribution in [1.82, 2.24) is 9.80 Å². The Bertz CT molecular complexity index is 594. The van der Waals surface area contributed by atoms with Crippen molar-refractivity contribution in [2.75, 3.05) is 31.5 Å². The van der Waals surface area contributed by atoms with Gasteiger partial charge in [-0.1, -0.05) is 17.2 Å². The molecule has 1 heterocycles. The van der Waals surface area contributed by atoms with Gasteiger partial charge in [0.05, 0.1) is 0 Å². The van der Waals surface area contributed by atoms with Gasteiger partial charge in [0.1, 0.15) is 0 Å². The molecule has 0 saturated carbocycles. The molecule has 1 aromatic carbocycles. The Morgan fingerprint density at radius 1 is 1.04 bits per heavy atom. The summed E-state index contributed by atoms with van der Waals surface area (Å²) in [6.07, 6.45) is 2.42. The molecule has 0 spiro atoms. The van der Waals surface area contributed by atoms with Crippen molar-refractivity contribution in [1.29, 1.82) is 0 Å². The molecular formula is C17H22ClN3O2. The van der Waals surface area contributed by atoms with Crippen molar-refractivity contribution in [2.45, 2.75) is 20.3 Å². The van der Waals surface area contributed by atoms with Crippen LogP contribution in [0, 0.1) is 0 Å². The highest BCUT2D eigenvalue weighted by atomic mass is 35.5. The molecule has 1 aliphatic rings. The summed E-state index contributed by atoms with van der Waals surface area (Å²) >= 11 is 5.83. The zero-order valence-electron chi connectivity index (χ0n) is 13.5. The van der Waals surface area contributed by atoms with E-state index >= 15 is 0 Å². The van der Waals surface area contributed by atoms with Crippen molar-refractivity contribution in [3.8, 4) is 0 Å². The standard InChI is InChI=1S/C17H22ClN3O2/c1-13(2)12-16(22)20-8-3-9-21(11-10-20)17(23)19-15-6-4-14(18)5-7-15/h4-7,12H,3,8-11H2,1-2H3,(H,19,23). The number of carbonyl (C=O) groups excluding carboxylic acids is 2. The third kappa shape index (κ3) is 5.28. The predicted molar refractivity (Wildman–Crippen MR) is 92.7 cm³/mol. The van der Waals surface area contributed by atoms with Crippen LogP contribution in [0.2, 0.25) is 5.02 Å². The molecule has 1 aliphatic heterocycles. The highest BCUT2D eigenvalue weighted by molar-refractivity contribution is 6.30. The van der Waals surface area contributed by atoms with Crippen molar-refractivity contribution in [2.24, 2.45) is 0 Å². The predicted octanol–water partition coefficient (Wildman–Crippen LogP) is 3.37. The Balaban J connectivity index is 1.92. The maximum absolute atomic E-state index is 12.3. The van der Waals surface area contributed by atoms with Crippen LogP contribution in [-0.4, -0.2) is 47.9 Å². The van der Waals surface area contributed by atoms with Crippen LogP contribution in [0.1, 0.15) is 20.3 Å². The van der Waals surface area contributed by atoms with Crippen LogP contribution in [0.3, 0.4) is 0 Å². The Morgan fingerprint density at radius 3 is 2.30 bits per heavy atom. The number of nitrogens with zero attached hydrogens (tertiary/aromatic N) is 2. The molecule has 124 valence electrons. The van der Waals surface area contributed by atoms with Gasteiger partial charge >= 0.3 is 6.03 Å². The summed E-state index contributed by atoms with van der Waals surface area (Å²) in [7, 11) is 0. The average molecular weight is 336 g/mol. The number of hydrogen-bond donors (Lipinski definition) is 1. The molecule has 1 fully saturated rings. The zero-order chi connectivity index (χ0) is 16.8. The van der Waals surface area contributed by atoms with Gasteiger partial charge in [-0.2, -0.15) is 0 Å². The molecule has 2 rings (SSSR count). The molecule has 0 atom stereocenters. The van der Waals surface area contributed by atoms with E-state index in [1.165, 1.54) is 0 Å². The Morgan fingerprint density at radius 2 is 1.65 bits per heavy atom. The smallest absolute Gasteiger partial charge is 0.321 e. The summed E-state index contributed by atoms with van der Waals surface area (Å²) in [5.41, 5.74) is 1.69. The van der Waals surface area contributed by atoms with Gasteiger partial charge in [0.15, 0.2) is 0 Å². The molecule has 0 bridgehead atoms. The summed E-state index contributed by atoms with van der Waals surface area (Å²) < 4.78 is 0. The average Bonchev–Trinajstić information content (AvgIpc) is 2.75. The zero-order valence-corrected chi connectivity index (χ0v) is 14.3. The number of urea groups is 1. The molecule has 0 radical (unpaired) electrons. The molecule has 1 aromatic rings. The van der Waals surface area contributed by atoms with Crippen LogP contribution in [0.25, 0.3) is 0 Å². The van der Waals surface area contributed by atoms with Gasteiger partial charge in [-0.25, -0.2) is 4.79 Å². The summed E-state index contributed by atoms with van der Waals surface area (Å²) in [6, 6.07) is 6.85. The second kappa shape index (κ2) is 8.02. The van der Waals surface area contributed by atoms with Crippen molar-refractivity contribution >= 4 is 29.2 Å². The highest BCUT2D eigenvalue weighted by Crippen LogP contribution is 2.14. The van der Waals surface area contributed by atoms with Crippen LogP contribution in [-0.2, 0) is 4.79 Å². The number of carbonyl (C=O) groups is 2. The Labute approximate surface area is 141 Å². The van der Waals surface area contributed by atoms with E-state index in [9.17, 15) is 9.59 Å². The third-order valence-corrected chi connectivity index (χ3v) is 3.85. The molecule has 1 N–H and O–H groups in total. The minimum absolute atomic E-state index is 0.0185. The van der Waals surface area contributed by atoms with Crippen LogP contribution < -0.4 is 5.32 Å². The largest absolute Gasteiger partial charge is 0.337 e. The molecule has 5 nitrogen and oxygen atoms in total. The van der Waals surface area contributed by atoms with Gasteiger partial charge in [-0.05, 0) is 44.5 Å². The number of rotatable bonds is 2. The molecular weight excluding hydrogens is 314 g/mol. The van der Waals surface area contributed by atoms with Crippen LogP contribution in [0.15, 0.2) is 35.9 Å². The number of hydrogen-bond acceptors (Lipinski definition) is 2. The Kier molecular flexibility index (Phi) is 6.04. The molecule has 0 aromatic heterocycles. The first kappa shape index (κ1) is 17.3. The minimum atomic E-state index is -0.149. The van der Waals surface area contributed by atoms with Gasteiger partial charge in [0, 0.05) is 43.0 Å². The lowest BCUT2D eigenvalue weighted by molar-refractivity contribution is -0.125. The first-order chi connectivity index (χ1) is 11.0. The maximum Gasteiger partial charge on any atom is 0.321 e. The summed E-state index contributed by atoms with van der Waals surface area (Å²) in [6.45, 7) is 6.20. The van der Waals surface area contributed by atoms with E-state index in [1.54, 1.807) is 40.1 Å². The van der Waals surface area contributed by atoms with E-state index in [4.69, 9.17) is 11.6 Å². The number of allylic oxidation sites excluding steroid dienone is 1. The third-order valence-electron chi connectivity index (χ3n) is 3.60. The monoisotopic (exact) mass is 335 g/mol. The molecule has 0 unspecified atom stereocenters. The van der Waals surface area contributed by atoms with E-state index in [0.29, 0.717) is 36.9 Å². The Hall–Kier alpha value is -2.01. The van der Waals surface area contributed by atoms with E-state index in [-0.39, 0.29) is 11.9 Å². The first-order valence-electron chi connectivity index (χ1n) is 7.71. The number of nitrogens with one attached hydrogen (secondary N) is 1. The molecule has 3 amide bonds. The molecule has 23 heavy (non-hydrogen) atoms. The second-order valence-electron chi connectivity index (χ2n) is 5.82. The van der Waals surface area contributed by atoms with E-state index in [2.05, 4.69) is 5.32 Å². The molecule has 1 saturated heterocycles. The molecule has 0 aliphatic carbocycles. The van der Waals surface area contributed by atoms with Crippen LogP contribution >= 0.6 is 11.6 Å². The van der Waals surface area contributed by atoms with Crippen LogP contribution in [0.4, 0.5) is 10.5 Å². The highest BCUT2D eigenvalue weighted by Gasteiger charge is 2.21. The second-order valence-corrected chi connectivity index (χ2v) is 6.26. The maximum atomic E-state index is 12.3. The van der Waals surface area contributed by atoms with E-state index in [0.717, 1.165) is 12.0 Å². The fourth-order valence-corrected chi connectivity index (χ4v) is 2.54. The summed E-state index contributed by atoms with van der Waals surface area (Å²) in [5.74, 6) is 0.0185. The summed E-state index contributed by atoms with van der Waals surface area (Å²) in [5, 5.41) is 3.49. The number of anilines is 1. The van der Waals surface area contributed by atoms with Gasteiger partial charge in [-0.15, -0.1) is 0 Å². The molecule has 6 heteroatoms. The first-order valence-corrected chi connectivity index (χ1v) is 8.09. The SMILES string of the molecule is CC(C)=CC(=O)N1CCCN(C(=O)Nc2ccc(Cl)cc2)CC1. The lowest BCUT2D eigenvalue weighted by Gasteiger charge is -2.22. The fourth-order valence-electron chi connectivity index (χ4n) is 2.41. The lowest BCUT2D eigenvalue weighted by atomic mass is 10.3. The topological polar surface area (TPSA) is 52.7 Å². The minimum Gasteiger partial charge on any atom is -0.337 e. The number of amides is 3.